The quantitative estimate of drug-likeness (QED) is 0.842. The molecule has 0 bridgehead atoms. The van der Waals surface area contributed by atoms with Crippen molar-refractivity contribution in [3.8, 4) is 11.8 Å². The van der Waals surface area contributed by atoms with Gasteiger partial charge in [-0.1, -0.05) is 39.9 Å². The van der Waals surface area contributed by atoms with Crippen molar-refractivity contribution in [3.63, 3.8) is 0 Å². The molecule has 0 aliphatic carbocycles. The van der Waals surface area contributed by atoms with Crippen molar-refractivity contribution in [1.82, 2.24) is 0 Å². The zero-order valence-corrected chi connectivity index (χ0v) is 13.0. The SMILES string of the molecule is NCC#Cc1ccc(NC(=O)Cc2cccc(Br)c2)cc1. The van der Waals surface area contributed by atoms with Gasteiger partial charge in [-0.3, -0.25) is 4.79 Å². The van der Waals surface area contributed by atoms with Gasteiger partial charge in [0.1, 0.15) is 0 Å². The normalized spacial score (nSPS) is 9.62. The summed E-state index contributed by atoms with van der Waals surface area (Å²) in [6.07, 6.45) is 0.341. The number of halogens is 1. The highest BCUT2D eigenvalue weighted by atomic mass is 79.9. The lowest BCUT2D eigenvalue weighted by molar-refractivity contribution is -0.115. The number of rotatable bonds is 3. The van der Waals surface area contributed by atoms with Gasteiger partial charge in [-0.15, -0.1) is 0 Å². The van der Waals surface area contributed by atoms with E-state index in [-0.39, 0.29) is 5.91 Å². The van der Waals surface area contributed by atoms with E-state index >= 15 is 0 Å². The third-order valence-corrected chi connectivity index (χ3v) is 3.25. The number of carbonyl (C=O) groups is 1. The summed E-state index contributed by atoms with van der Waals surface area (Å²) < 4.78 is 0.968. The molecule has 0 fully saturated rings. The van der Waals surface area contributed by atoms with Gasteiger partial charge in [-0.2, -0.15) is 0 Å². The fourth-order valence-corrected chi connectivity index (χ4v) is 2.27. The van der Waals surface area contributed by atoms with Gasteiger partial charge in [-0.25, -0.2) is 0 Å². The zero-order chi connectivity index (χ0) is 15.1. The molecule has 3 nitrogen and oxygen atoms in total. The van der Waals surface area contributed by atoms with Crippen LogP contribution in [0.3, 0.4) is 0 Å². The summed E-state index contributed by atoms with van der Waals surface area (Å²) in [4.78, 5) is 12.0. The Morgan fingerprint density at radius 3 is 2.62 bits per heavy atom. The molecule has 0 aromatic heterocycles. The maximum Gasteiger partial charge on any atom is 0.228 e. The van der Waals surface area contributed by atoms with Crippen LogP contribution in [0.25, 0.3) is 0 Å². The Morgan fingerprint density at radius 1 is 1.19 bits per heavy atom. The molecule has 1 amide bonds. The second kappa shape index (κ2) is 7.63. The zero-order valence-electron chi connectivity index (χ0n) is 11.4. The molecule has 2 aromatic rings. The standard InChI is InChI=1S/C17H15BrN2O/c18-15-5-1-3-14(11-15)12-17(21)20-16-8-6-13(7-9-16)4-2-10-19/h1,3,5-9,11H,10,12,19H2,(H,20,21). The Hall–Kier alpha value is -2.09. The van der Waals surface area contributed by atoms with E-state index in [2.05, 4.69) is 33.1 Å². The number of hydrogen-bond donors (Lipinski definition) is 2. The first-order valence-corrected chi connectivity index (χ1v) is 7.30. The van der Waals surface area contributed by atoms with Gasteiger partial charge in [-0.05, 0) is 42.0 Å². The van der Waals surface area contributed by atoms with Gasteiger partial charge in [0, 0.05) is 15.7 Å². The van der Waals surface area contributed by atoms with Crippen LogP contribution < -0.4 is 11.1 Å². The summed E-state index contributed by atoms with van der Waals surface area (Å²) >= 11 is 3.39. The summed E-state index contributed by atoms with van der Waals surface area (Å²) in [5.74, 6) is 5.68. The van der Waals surface area contributed by atoms with Crippen molar-refractivity contribution in [2.24, 2.45) is 5.73 Å². The topological polar surface area (TPSA) is 55.1 Å². The van der Waals surface area contributed by atoms with E-state index in [1.54, 1.807) is 0 Å². The first-order chi connectivity index (χ1) is 10.2. The molecular formula is C17H15BrN2O. The number of nitrogens with one attached hydrogen (secondary N) is 1. The molecule has 21 heavy (non-hydrogen) atoms. The van der Waals surface area contributed by atoms with Crippen molar-refractivity contribution in [2.45, 2.75) is 6.42 Å². The highest BCUT2D eigenvalue weighted by molar-refractivity contribution is 9.10. The molecule has 3 N–H and O–H groups in total. The van der Waals surface area contributed by atoms with Crippen LogP contribution in [0.2, 0.25) is 0 Å². The molecule has 106 valence electrons. The number of nitrogens with two attached hydrogens (primary N) is 1. The maximum atomic E-state index is 12.0. The Balaban J connectivity index is 1.96. The van der Waals surface area contributed by atoms with E-state index in [1.165, 1.54) is 0 Å². The molecule has 0 aliphatic rings. The third-order valence-electron chi connectivity index (χ3n) is 2.76. The summed E-state index contributed by atoms with van der Waals surface area (Å²) in [6, 6.07) is 15.1. The Labute approximate surface area is 132 Å². The molecular weight excluding hydrogens is 328 g/mol. The molecule has 0 radical (unpaired) electrons. The molecule has 2 rings (SSSR count). The largest absolute Gasteiger partial charge is 0.326 e. The van der Waals surface area contributed by atoms with E-state index in [9.17, 15) is 4.79 Å². The predicted octanol–water partition coefficient (Wildman–Crippen LogP) is 2.94. The molecule has 2 aromatic carbocycles. The number of anilines is 1. The van der Waals surface area contributed by atoms with Crippen LogP contribution in [-0.4, -0.2) is 12.5 Å². The molecule has 0 saturated heterocycles. The van der Waals surface area contributed by atoms with Crippen molar-refractivity contribution in [3.05, 3.63) is 64.1 Å². The van der Waals surface area contributed by atoms with E-state index in [4.69, 9.17) is 5.73 Å². The first-order valence-electron chi connectivity index (χ1n) is 6.50. The summed E-state index contributed by atoms with van der Waals surface area (Å²) in [7, 11) is 0. The lowest BCUT2D eigenvalue weighted by Gasteiger charge is -2.06. The number of carbonyl (C=O) groups excluding carboxylic acids is 1. The summed E-state index contributed by atoms with van der Waals surface area (Å²) in [5, 5.41) is 2.87. The van der Waals surface area contributed by atoms with Crippen LogP contribution in [0.4, 0.5) is 5.69 Å². The highest BCUT2D eigenvalue weighted by Crippen LogP contribution is 2.13. The highest BCUT2D eigenvalue weighted by Gasteiger charge is 2.04. The summed E-state index contributed by atoms with van der Waals surface area (Å²) in [6.45, 7) is 0.338. The van der Waals surface area contributed by atoms with Crippen LogP contribution >= 0.6 is 15.9 Å². The van der Waals surface area contributed by atoms with Gasteiger partial charge in [0.15, 0.2) is 0 Å². The van der Waals surface area contributed by atoms with Crippen molar-refractivity contribution < 1.29 is 4.79 Å². The van der Waals surface area contributed by atoms with Gasteiger partial charge in [0.2, 0.25) is 5.91 Å². The first kappa shape index (κ1) is 15.3. The van der Waals surface area contributed by atoms with Crippen LogP contribution in [-0.2, 0) is 11.2 Å². The molecule has 0 spiro atoms. The van der Waals surface area contributed by atoms with E-state index in [0.29, 0.717) is 13.0 Å². The van der Waals surface area contributed by atoms with E-state index in [0.717, 1.165) is 21.3 Å². The van der Waals surface area contributed by atoms with Crippen LogP contribution in [0.5, 0.6) is 0 Å². The molecule has 0 saturated carbocycles. The van der Waals surface area contributed by atoms with Crippen molar-refractivity contribution >= 4 is 27.5 Å². The average Bonchev–Trinajstić information content (AvgIpc) is 2.46. The fourth-order valence-electron chi connectivity index (χ4n) is 1.83. The lowest BCUT2D eigenvalue weighted by Crippen LogP contribution is -2.14. The van der Waals surface area contributed by atoms with E-state index in [1.807, 2.05) is 48.5 Å². The van der Waals surface area contributed by atoms with Gasteiger partial charge in [0.25, 0.3) is 0 Å². The minimum Gasteiger partial charge on any atom is -0.326 e. The molecule has 4 heteroatoms. The smallest absolute Gasteiger partial charge is 0.228 e. The Morgan fingerprint density at radius 2 is 1.95 bits per heavy atom. The predicted molar refractivity (Wildman–Crippen MR) is 88.9 cm³/mol. The monoisotopic (exact) mass is 342 g/mol. The Kier molecular flexibility index (Phi) is 5.56. The van der Waals surface area contributed by atoms with Crippen molar-refractivity contribution in [1.29, 1.82) is 0 Å². The van der Waals surface area contributed by atoms with Crippen LogP contribution in [0.15, 0.2) is 53.0 Å². The molecule has 0 unspecified atom stereocenters. The number of benzene rings is 2. The second-order valence-corrected chi connectivity index (χ2v) is 5.35. The number of hydrogen-bond acceptors (Lipinski definition) is 2. The van der Waals surface area contributed by atoms with Gasteiger partial charge >= 0.3 is 0 Å². The van der Waals surface area contributed by atoms with Crippen LogP contribution in [0.1, 0.15) is 11.1 Å². The average molecular weight is 343 g/mol. The maximum absolute atomic E-state index is 12.0. The molecule has 0 atom stereocenters. The molecule has 0 heterocycles. The minimum absolute atomic E-state index is 0.0473. The fraction of sp³-hybridized carbons (Fsp3) is 0.118. The molecule has 0 aliphatic heterocycles. The van der Waals surface area contributed by atoms with E-state index < -0.39 is 0 Å². The lowest BCUT2D eigenvalue weighted by atomic mass is 10.1. The van der Waals surface area contributed by atoms with Crippen LogP contribution in [0, 0.1) is 11.8 Å². The number of amides is 1. The Bertz CT molecular complexity index is 684. The van der Waals surface area contributed by atoms with Gasteiger partial charge in [0.05, 0.1) is 13.0 Å². The third kappa shape index (κ3) is 5.07. The summed E-state index contributed by atoms with van der Waals surface area (Å²) in [5.41, 5.74) is 7.92. The second-order valence-electron chi connectivity index (χ2n) is 4.44. The van der Waals surface area contributed by atoms with Gasteiger partial charge < -0.3 is 11.1 Å². The minimum atomic E-state index is -0.0473. The van der Waals surface area contributed by atoms with Crippen molar-refractivity contribution in [2.75, 3.05) is 11.9 Å².